The van der Waals surface area contributed by atoms with Gasteiger partial charge >= 0.3 is 0 Å². The second kappa shape index (κ2) is 14.1. The number of nitrogens with zero attached hydrogens (tertiary/aromatic N) is 7. The topological polar surface area (TPSA) is 143 Å². The van der Waals surface area contributed by atoms with Crippen molar-refractivity contribution in [2.75, 3.05) is 12.8 Å². The third-order valence-electron chi connectivity index (χ3n) is 7.19. The first-order valence-corrected chi connectivity index (χ1v) is 14.2. The monoisotopic (exact) mass is 631 g/mol. The van der Waals surface area contributed by atoms with Crippen LogP contribution in [0.5, 0.6) is 0 Å². The van der Waals surface area contributed by atoms with E-state index in [9.17, 15) is 22.4 Å². The highest BCUT2D eigenvalue weighted by atomic mass is 19.3. The average Bonchev–Trinajstić information content (AvgIpc) is 3.86. The maximum atomic E-state index is 14.2. The number of nitrogens with two attached hydrogens (primary N) is 2. The van der Waals surface area contributed by atoms with Gasteiger partial charge in [-0.3, -0.25) is 14.3 Å². The van der Waals surface area contributed by atoms with Crippen molar-refractivity contribution in [3.8, 4) is 22.9 Å². The lowest BCUT2D eigenvalue weighted by Crippen LogP contribution is -2.05. The van der Waals surface area contributed by atoms with Crippen LogP contribution in [0.3, 0.4) is 0 Å². The molecule has 0 radical (unpaired) electrons. The summed E-state index contributed by atoms with van der Waals surface area (Å²) in [6.45, 7) is 0. The molecule has 7 rings (SSSR count). The molecule has 1 aliphatic carbocycles. The first-order chi connectivity index (χ1) is 22.3. The van der Waals surface area contributed by atoms with Crippen LogP contribution in [0.4, 0.5) is 23.4 Å². The van der Waals surface area contributed by atoms with E-state index >= 15 is 0 Å². The van der Waals surface area contributed by atoms with E-state index < -0.39 is 12.9 Å². The van der Waals surface area contributed by atoms with E-state index in [1.54, 1.807) is 41.4 Å². The fraction of sp³-hybridized carbons (Fsp3) is 0.188. The van der Waals surface area contributed by atoms with Crippen molar-refractivity contribution in [3.05, 3.63) is 107 Å². The molecule has 10 nitrogen and oxygen atoms in total. The third-order valence-corrected chi connectivity index (χ3v) is 7.19. The highest BCUT2D eigenvalue weighted by molar-refractivity contribution is 5.86. The van der Waals surface area contributed by atoms with Crippen molar-refractivity contribution in [2.45, 2.75) is 32.1 Å². The standard InChI is InChI=1S/C24H19F2N7.C7H5F2NO.CH5N/c25-21(26)18-13-19(32-11-3-10-29-32)30-24-20(18)31-23(17-6-2-9-28-22(17)27)33(24)16-8-7-14-4-1-5-15(14)12-16;8-7(9)6-2-1-5(4-11)3-10-6;1-2/h2-3,6-13,21H,1,4-5H2,(H2,27,28);1-4,7H;2H2,1H3. The molecule has 0 amide bonds. The van der Waals surface area contributed by atoms with Crippen LogP contribution in [0, 0.1) is 0 Å². The van der Waals surface area contributed by atoms with E-state index in [2.05, 4.69) is 37.9 Å². The van der Waals surface area contributed by atoms with E-state index in [-0.39, 0.29) is 28.4 Å². The first-order valence-electron chi connectivity index (χ1n) is 14.2. The molecule has 0 bridgehead atoms. The molecule has 0 fully saturated rings. The maximum absolute atomic E-state index is 14.2. The molecule has 0 saturated heterocycles. The van der Waals surface area contributed by atoms with E-state index in [0.29, 0.717) is 28.9 Å². The molecule has 6 aromatic rings. The van der Waals surface area contributed by atoms with Gasteiger partial charge in [-0.15, -0.1) is 0 Å². The normalized spacial score (nSPS) is 12.0. The molecule has 5 aromatic heterocycles. The zero-order valence-electron chi connectivity index (χ0n) is 24.6. The van der Waals surface area contributed by atoms with Gasteiger partial charge in [-0.1, -0.05) is 6.07 Å². The minimum Gasteiger partial charge on any atom is -0.383 e. The first kappa shape index (κ1) is 31.9. The minimum atomic E-state index is -2.74. The van der Waals surface area contributed by atoms with Gasteiger partial charge in [-0.05, 0) is 86.0 Å². The minimum absolute atomic E-state index is 0.125. The molecule has 0 spiro atoms. The van der Waals surface area contributed by atoms with Gasteiger partial charge in [0, 0.05) is 36.0 Å². The summed E-state index contributed by atoms with van der Waals surface area (Å²) < 4.78 is 55.3. The number of imidazole rings is 1. The Bertz CT molecular complexity index is 1940. The largest absolute Gasteiger partial charge is 0.383 e. The maximum Gasteiger partial charge on any atom is 0.280 e. The number of aromatic nitrogens is 7. The van der Waals surface area contributed by atoms with Gasteiger partial charge < -0.3 is 11.5 Å². The number of aryl methyl sites for hydroxylation is 2. The number of pyridine rings is 3. The second-order valence-corrected chi connectivity index (χ2v) is 9.94. The molecule has 1 aromatic carbocycles. The van der Waals surface area contributed by atoms with Crippen LogP contribution in [-0.4, -0.2) is 47.6 Å². The number of carbonyl (C=O) groups is 1. The van der Waals surface area contributed by atoms with Crippen molar-refractivity contribution in [3.63, 3.8) is 0 Å². The second-order valence-electron chi connectivity index (χ2n) is 9.94. The van der Waals surface area contributed by atoms with Gasteiger partial charge in [-0.2, -0.15) is 5.10 Å². The lowest BCUT2D eigenvalue weighted by Gasteiger charge is -2.12. The fourth-order valence-corrected chi connectivity index (χ4v) is 5.09. The number of alkyl halides is 4. The van der Waals surface area contributed by atoms with Crippen molar-refractivity contribution in [1.82, 2.24) is 34.3 Å². The average molecular weight is 632 g/mol. The molecular formula is C32H29F4N9O. The Morgan fingerprint density at radius 3 is 2.35 bits per heavy atom. The van der Waals surface area contributed by atoms with E-state index in [1.807, 2.05) is 6.07 Å². The Kier molecular flexibility index (Phi) is 9.76. The number of halogens is 4. The zero-order chi connectivity index (χ0) is 32.8. The van der Waals surface area contributed by atoms with Crippen molar-refractivity contribution in [2.24, 2.45) is 5.73 Å². The number of hydrogen-bond acceptors (Lipinski definition) is 8. The predicted molar refractivity (Wildman–Crippen MR) is 165 cm³/mol. The summed E-state index contributed by atoms with van der Waals surface area (Å²) in [5, 5.41) is 4.17. The Morgan fingerprint density at radius 2 is 1.70 bits per heavy atom. The molecule has 14 heteroatoms. The highest BCUT2D eigenvalue weighted by Gasteiger charge is 2.25. The SMILES string of the molecule is CN.Nc1ncccc1-c1nc2c(C(F)F)cc(-n3cccn3)nc2n1-c1ccc2c(c1)CCC2.O=Cc1ccc(C(F)F)nc1. The summed E-state index contributed by atoms with van der Waals surface area (Å²) in [7, 11) is 1.50. The number of hydrogen-bond donors (Lipinski definition) is 2. The summed E-state index contributed by atoms with van der Waals surface area (Å²) in [6.07, 6.45) is 4.31. The number of anilines is 1. The van der Waals surface area contributed by atoms with Crippen molar-refractivity contribution < 1.29 is 22.4 Å². The van der Waals surface area contributed by atoms with E-state index in [0.717, 1.165) is 37.2 Å². The highest BCUT2D eigenvalue weighted by Crippen LogP contribution is 2.36. The van der Waals surface area contributed by atoms with Crippen LogP contribution in [0.15, 0.2) is 79.4 Å². The van der Waals surface area contributed by atoms with Gasteiger partial charge in [0.2, 0.25) is 0 Å². The molecule has 236 valence electrons. The zero-order valence-corrected chi connectivity index (χ0v) is 24.6. The van der Waals surface area contributed by atoms with Crippen LogP contribution in [-0.2, 0) is 12.8 Å². The lowest BCUT2D eigenvalue weighted by molar-refractivity contribution is 0.112. The van der Waals surface area contributed by atoms with Crippen LogP contribution in [0.1, 0.15) is 52.0 Å². The fourth-order valence-electron chi connectivity index (χ4n) is 5.09. The number of fused-ring (bicyclic) bond motifs is 2. The molecular weight excluding hydrogens is 602 g/mol. The predicted octanol–water partition coefficient (Wildman–Crippen LogP) is 6.08. The summed E-state index contributed by atoms with van der Waals surface area (Å²) in [6, 6.07) is 15.2. The summed E-state index contributed by atoms with van der Waals surface area (Å²) in [5.41, 5.74) is 14.8. The van der Waals surface area contributed by atoms with Gasteiger partial charge in [0.15, 0.2) is 23.6 Å². The van der Waals surface area contributed by atoms with E-state index in [4.69, 9.17) is 10.7 Å². The number of carbonyl (C=O) groups excluding carboxylic acids is 1. The van der Waals surface area contributed by atoms with E-state index in [1.165, 1.54) is 35.0 Å². The van der Waals surface area contributed by atoms with Gasteiger partial charge in [0.25, 0.3) is 12.9 Å². The summed E-state index contributed by atoms with van der Waals surface area (Å²) >= 11 is 0. The van der Waals surface area contributed by atoms with Gasteiger partial charge in [-0.25, -0.2) is 37.2 Å². The number of nitrogen functional groups attached to an aromatic ring is 1. The lowest BCUT2D eigenvalue weighted by atomic mass is 10.1. The molecule has 0 unspecified atom stereocenters. The molecule has 46 heavy (non-hydrogen) atoms. The molecule has 0 aliphatic heterocycles. The Labute approximate surface area is 260 Å². The molecule has 5 heterocycles. The van der Waals surface area contributed by atoms with Crippen LogP contribution in [0.2, 0.25) is 0 Å². The van der Waals surface area contributed by atoms with Crippen LogP contribution >= 0.6 is 0 Å². The molecule has 1 aliphatic rings. The Hall–Kier alpha value is -5.50. The van der Waals surface area contributed by atoms with Crippen molar-refractivity contribution >= 4 is 23.3 Å². The molecule has 0 atom stereocenters. The molecule has 0 saturated carbocycles. The summed E-state index contributed by atoms with van der Waals surface area (Å²) in [4.78, 5) is 26.9. The number of benzene rings is 1. The summed E-state index contributed by atoms with van der Waals surface area (Å²) in [5.74, 6) is 0.970. The Balaban J connectivity index is 0.000000272. The quantitative estimate of drug-likeness (QED) is 0.166. The van der Waals surface area contributed by atoms with Crippen LogP contribution < -0.4 is 11.5 Å². The molecule has 4 N–H and O–H groups in total. The van der Waals surface area contributed by atoms with Gasteiger partial charge in [0.05, 0.1) is 11.1 Å². The smallest absolute Gasteiger partial charge is 0.280 e. The van der Waals surface area contributed by atoms with Gasteiger partial charge in [0.1, 0.15) is 17.0 Å². The van der Waals surface area contributed by atoms with Crippen molar-refractivity contribution in [1.29, 1.82) is 0 Å². The number of aldehydes is 1. The third kappa shape index (κ3) is 6.47. The Morgan fingerprint density at radius 1 is 0.891 bits per heavy atom. The van der Waals surface area contributed by atoms with Crippen LogP contribution in [0.25, 0.3) is 34.1 Å². The number of rotatable bonds is 6.